The van der Waals surface area contributed by atoms with Crippen LogP contribution in [0.3, 0.4) is 0 Å². The van der Waals surface area contributed by atoms with Gasteiger partial charge in [-0.1, -0.05) is 0 Å². The van der Waals surface area contributed by atoms with E-state index in [0.717, 1.165) is 6.07 Å². The Morgan fingerprint density at radius 3 is 2.63 bits per heavy atom. The van der Waals surface area contributed by atoms with E-state index in [4.69, 9.17) is 5.73 Å². The summed E-state index contributed by atoms with van der Waals surface area (Å²) in [6, 6.07) is 1.59. The largest absolute Gasteiger partial charge is 0.397 e. The lowest BCUT2D eigenvalue weighted by molar-refractivity contribution is 0.102. The lowest BCUT2D eigenvalue weighted by Crippen LogP contribution is -2.15. The van der Waals surface area contributed by atoms with Gasteiger partial charge in [-0.25, -0.2) is 8.78 Å². The molecule has 7 heteroatoms. The Bertz CT molecular complexity index is 628. The molecule has 0 fully saturated rings. The average molecular weight is 266 g/mol. The summed E-state index contributed by atoms with van der Waals surface area (Å²) in [5.41, 5.74) is 5.86. The van der Waals surface area contributed by atoms with Crippen LogP contribution >= 0.6 is 0 Å². The van der Waals surface area contributed by atoms with Crippen LogP contribution in [0.1, 0.15) is 16.1 Å². The summed E-state index contributed by atoms with van der Waals surface area (Å²) in [5, 5.41) is 6.32. The van der Waals surface area contributed by atoms with E-state index in [1.807, 2.05) is 0 Å². The first-order chi connectivity index (χ1) is 8.88. The molecule has 0 unspecified atom stereocenters. The van der Waals surface area contributed by atoms with Crippen LogP contribution in [0, 0.1) is 18.6 Å². The van der Waals surface area contributed by atoms with Crippen LogP contribution in [0.5, 0.6) is 0 Å². The summed E-state index contributed by atoms with van der Waals surface area (Å²) in [7, 11) is 1.66. The van der Waals surface area contributed by atoms with Gasteiger partial charge in [0.25, 0.3) is 5.91 Å². The second kappa shape index (κ2) is 4.68. The molecule has 0 atom stereocenters. The molecular formula is C12H12F2N4O. The first-order valence-electron chi connectivity index (χ1n) is 5.44. The van der Waals surface area contributed by atoms with E-state index in [1.165, 1.54) is 10.9 Å². The van der Waals surface area contributed by atoms with Gasteiger partial charge in [0.15, 0.2) is 5.82 Å². The lowest BCUT2D eigenvalue weighted by atomic mass is 10.2. The third kappa shape index (κ3) is 2.54. The Balaban J connectivity index is 2.32. The number of nitrogens with two attached hydrogens (primary N) is 1. The van der Waals surface area contributed by atoms with Gasteiger partial charge in [-0.2, -0.15) is 5.10 Å². The first kappa shape index (κ1) is 13.0. The van der Waals surface area contributed by atoms with Crippen molar-refractivity contribution in [1.29, 1.82) is 0 Å². The van der Waals surface area contributed by atoms with Gasteiger partial charge in [0.2, 0.25) is 0 Å². The summed E-state index contributed by atoms with van der Waals surface area (Å²) in [6.07, 6.45) is 1.50. The lowest BCUT2D eigenvalue weighted by Gasteiger charge is -2.08. The number of hydrogen-bond donors (Lipinski definition) is 2. The monoisotopic (exact) mass is 266 g/mol. The highest BCUT2D eigenvalue weighted by Gasteiger charge is 2.16. The molecule has 0 radical (unpaired) electrons. The molecule has 1 aromatic heterocycles. The minimum atomic E-state index is -0.924. The number of nitrogen functional groups attached to an aromatic ring is 1. The number of hydrogen-bond acceptors (Lipinski definition) is 3. The second-order valence-electron chi connectivity index (χ2n) is 4.11. The van der Waals surface area contributed by atoms with Gasteiger partial charge in [0.05, 0.1) is 16.9 Å². The maximum Gasteiger partial charge on any atom is 0.259 e. The molecule has 1 aromatic carbocycles. The predicted molar refractivity (Wildman–Crippen MR) is 66.7 cm³/mol. The van der Waals surface area contributed by atoms with Gasteiger partial charge >= 0.3 is 0 Å². The molecule has 0 aliphatic heterocycles. The number of halogens is 2. The zero-order chi connectivity index (χ0) is 14.2. The van der Waals surface area contributed by atoms with Crippen LogP contribution in [0.4, 0.5) is 20.2 Å². The Labute approximate surface area is 108 Å². The van der Waals surface area contributed by atoms with Crippen molar-refractivity contribution < 1.29 is 13.6 Å². The summed E-state index contributed by atoms with van der Waals surface area (Å²) < 4.78 is 27.9. The highest BCUT2D eigenvalue weighted by Crippen LogP contribution is 2.24. The van der Waals surface area contributed by atoms with Crippen LogP contribution in [-0.4, -0.2) is 15.7 Å². The number of aromatic nitrogens is 2. The fraction of sp³-hybridized carbons (Fsp3) is 0.167. The minimum absolute atomic E-state index is 0.174. The van der Waals surface area contributed by atoms with Crippen molar-refractivity contribution in [2.75, 3.05) is 11.1 Å². The third-order valence-corrected chi connectivity index (χ3v) is 2.58. The van der Waals surface area contributed by atoms with Gasteiger partial charge in [-0.3, -0.25) is 9.48 Å². The van der Waals surface area contributed by atoms with Gasteiger partial charge in [0.1, 0.15) is 11.5 Å². The average Bonchev–Trinajstić information content (AvgIpc) is 2.62. The molecule has 0 bridgehead atoms. The summed E-state index contributed by atoms with van der Waals surface area (Å²) >= 11 is 0. The maximum atomic E-state index is 13.5. The number of benzene rings is 1. The Hall–Kier alpha value is -2.44. The van der Waals surface area contributed by atoms with Crippen LogP contribution in [0.2, 0.25) is 0 Å². The van der Waals surface area contributed by atoms with Crippen molar-refractivity contribution in [2.45, 2.75) is 6.92 Å². The quantitative estimate of drug-likeness (QED) is 0.815. The Kier molecular flexibility index (Phi) is 3.20. The molecule has 0 saturated heterocycles. The van der Waals surface area contributed by atoms with E-state index >= 15 is 0 Å². The number of aryl methyl sites for hydroxylation is 2. The number of nitrogens with zero attached hydrogens (tertiary/aromatic N) is 2. The summed E-state index contributed by atoms with van der Waals surface area (Å²) in [4.78, 5) is 12.0. The van der Waals surface area contributed by atoms with E-state index < -0.39 is 17.5 Å². The highest BCUT2D eigenvalue weighted by molar-refractivity contribution is 6.06. The first-order valence-corrected chi connectivity index (χ1v) is 5.44. The van der Waals surface area contributed by atoms with Crippen LogP contribution in [0.25, 0.3) is 0 Å². The summed E-state index contributed by atoms with van der Waals surface area (Å²) in [6.45, 7) is 1.65. The van der Waals surface area contributed by atoms with Crippen molar-refractivity contribution in [3.05, 3.63) is 41.2 Å². The minimum Gasteiger partial charge on any atom is -0.397 e. The van der Waals surface area contributed by atoms with E-state index in [1.54, 1.807) is 14.0 Å². The number of anilines is 2. The molecule has 19 heavy (non-hydrogen) atoms. The van der Waals surface area contributed by atoms with E-state index in [9.17, 15) is 13.6 Å². The van der Waals surface area contributed by atoms with E-state index in [0.29, 0.717) is 17.3 Å². The predicted octanol–water partition coefficient (Wildman–Crippen LogP) is 1.84. The van der Waals surface area contributed by atoms with Crippen LogP contribution in [0.15, 0.2) is 18.3 Å². The molecule has 1 heterocycles. The zero-order valence-electron chi connectivity index (χ0n) is 10.4. The molecule has 0 spiro atoms. The van der Waals surface area contributed by atoms with E-state index in [-0.39, 0.29) is 11.4 Å². The number of carbonyl (C=O) groups is 1. The topological polar surface area (TPSA) is 72.9 Å². The molecule has 2 rings (SSSR count). The van der Waals surface area contributed by atoms with Crippen molar-refractivity contribution in [3.8, 4) is 0 Å². The fourth-order valence-corrected chi connectivity index (χ4v) is 1.73. The van der Waals surface area contributed by atoms with Crippen molar-refractivity contribution >= 4 is 17.3 Å². The van der Waals surface area contributed by atoms with Crippen molar-refractivity contribution in [1.82, 2.24) is 9.78 Å². The second-order valence-corrected chi connectivity index (χ2v) is 4.11. The van der Waals surface area contributed by atoms with Gasteiger partial charge < -0.3 is 11.1 Å². The number of amides is 1. The smallest absolute Gasteiger partial charge is 0.259 e. The maximum absolute atomic E-state index is 13.5. The van der Waals surface area contributed by atoms with E-state index in [2.05, 4.69) is 10.4 Å². The number of nitrogens with one attached hydrogen (secondary N) is 1. The Morgan fingerprint density at radius 2 is 2.11 bits per heavy atom. The van der Waals surface area contributed by atoms with Gasteiger partial charge in [0, 0.05) is 19.3 Å². The van der Waals surface area contributed by atoms with Gasteiger partial charge in [-0.05, 0) is 13.0 Å². The molecule has 0 aliphatic rings. The fourth-order valence-electron chi connectivity index (χ4n) is 1.73. The molecular weight excluding hydrogens is 254 g/mol. The van der Waals surface area contributed by atoms with Crippen LogP contribution in [-0.2, 0) is 7.05 Å². The summed E-state index contributed by atoms with van der Waals surface area (Å²) in [5.74, 6) is -2.28. The normalized spacial score (nSPS) is 10.5. The molecule has 3 N–H and O–H groups in total. The highest BCUT2D eigenvalue weighted by atomic mass is 19.1. The molecule has 2 aromatic rings. The van der Waals surface area contributed by atoms with Gasteiger partial charge in [-0.15, -0.1) is 0 Å². The molecule has 100 valence electrons. The Morgan fingerprint density at radius 1 is 1.42 bits per heavy atom. The molecule has 0 aliphatic carbocycles. The van der Waals surface area contributed by atoms with Crippen molar-refractivity contribution in [3.63, 3.8) is 0 Å². The molecule has 5 nitrogen and oxygen atoms in total. The van der Waals surface area contributed by atoms with Crippen LogP contribution < -0.4 is 11.1 Å². The number of rotatable bonds is 2. The number of carbonyl (C=O) groups excluding carboxylic acids is 1. The molecule has 1 amide bonds. The third-order valence-electron chi connectivity index (χ3n) is 2.58. The zero-order valence-corrected chi connectivity index (χ0v) is 10.4. The SMILES string of the molecule is Cc1nn(C)cc1C(=O)Nc1c(N)cc(F)cc1F. The standard InChI is InChI=1S/C12H12F2N4O/c1-6-8(5-18(2)17-6)12(19)16-11-9(14)3-7(13)4-10(11)15/h3-5H,15H2,1-2H3,(H,16,19). The molecule has 0 saturated carbocycles. The van der Waals surface area contributed by atoms with Crippen molar-refractivity contribution in [2.24, 2.45) is 7.05 Å².